The molecule has 2 aliphatic heterocycles. The van der Waals surface area contributed by atoms with Crippen molar-refractivity contribution < 1.29 is 19.1 Å². The second-order valence-electron chi connectivity index (χ2n) is 7.08. The zero-order valence-electron chi connectivity index (χ0n) is 15.6. The van der Waals surface area contributed by atoms with Crippen LogP contribution < -0.4 is 4.74 Å². The van der Waals surface area contributed by atoms with Crippen molar-refractivity contribution in [3.63, 3.8) is 0 Å². The van der Waals surface area contributed by atoms with Crippen LogP contribution in [0.4, 0.5) is 0 Å². The average molecular weight is 546 g/mol. The van der Waals surface area contributed by atoms with Gasteiger partial charge in [0.25, 0.3) is 5.91 Å². The Bertz CT molecular complexity index is 924. The van der Waals surface area contributed by atoms with Crippen molar-refractivity contribution in [2.75, 3.05) is 7.11 Å². The topological polar surface area (TPSA) is 86.5 Å². The summed E-state index contributed by atoms with van der Waals surface area (Å²) in [6.07, 6.45) is 3.32. The van der Waals surface area contributed by atoms with E-state index < -0.39 is 20.0 Å². The number of ether oxygens (including phenoxy) is 2. The van der Waals surface area contributed by atoms with Gasteiger partial charge in [-0.05, 0) is 24.6 Å². The molecule has 11 heteroatoms. The largest absolute Gasteiger partial charge is 0.497 e. The molecule has 29 heavy (non-hydrogen) atoms. The molecule has 2 fully saturated rings. The van der Waals surface area contributed by atoms with E-state index in [9.17, 15) is 9.59 Å². The molecule has 1 amide bonds. The van der Waals surface area contributed by atoms with Gasteiger partial charge in [0.05, 0.1) is 24.6 Å². The summed E-state index contributed by atoms with van der Waals surface area (Å²) < 4.78 is 10.9. The third kappa shape index (κ3) is 3.57. The van der Waals surface area contributed by atoms with Crippen molar-refractivity contribution in [3.05, 3.63) is 42.2 Å². The van der Waals surface area contributed by atoms with E-state index in [0.717, 1.165) is 11.3 Å². The number of carbonyl (C=O) groups excluding carboxylic acids is 2. The van der Waals surface area contributed by atoms with Crippen molar-refractivity contribution in [1.82, 2.24) is 19.9 Å². The summed E-state index contributed by atoms with van der Waals surface area (Å²) in [5.41, 5.74) is 0.838. The van der Waals surface area contributed by atoms with Crippen LogP contribution in [0.1, 0.15) is 12.5 Å². The Labute approximate surface area is 188 Å². The highest BCUT2D eigenvalue weighted by Crippen LogP contribution is 2.60. The van der Waals surface area contributed by atoms with Gasteiger partial charge < -0.3 is 14.4 Å². The number of alkyl halides is 2. The van der Waals surface area contributed by atoms with Gasteiger partial charge in [0.15, 0.2) is 3.23 Å². The Morgan fingerprint density at radius 3 is 2.66 bits per heavy atom. The van der Waals surface area contributed by atoms with E-state index in [1.807, 2.05) is 31.2 Å². The van der Waals surface area contributed by atoms with Gasteiger partial charge in [-0.1, -0.05) is 49.2 Å². The fraction of sp³-hybridized carbons (Fsp3) is 0.444. The molecule has 0 spiro atoms. The number of aromatic nitrogens is 3. The van der Waals surface area contributed by atoms with Gasteiger partial charge in [-0.15, -0.1) is 16.9 Å². The SMILES string of the molecule is COc1ccc(COC(=O)[C@@H]2N3C(=O)C(Br)(Br)[C@@H]3S[C@@]2(C)Cn2ccnn2)cc1. The van der Waals surface area contributed by atoms with Crippen molar-refractivity contribution >= 4 is 55.5 Å². The quantitative estimate of drug-likeness (QED) is 0.313. The van der Waals surface area contributed by atoms with Gasteiger partial charge in [-0.25, -0.2) is 4.79 Å². The molecular formula is C18H18Br2N4O4S. The van der Waals surface area contributed by atoms with E-state index in [0.29, 0.717) is 6.54 Å². The van der Waals surface area contributed by atoms with Crippen LogP contribution in [-0.4, -0.2) is 58.3 Å². The fourth-order valence-electron chi connectivity index (χ4n) is 3.57. The van der Waals surface area contributed by atoms with E-state index in [2.05, 4.69) is 42.2 Å². The molecule has 2 aromatic rings. The number of esters is 1. The second kappa shape index (κ2) is 7.59. The molecule has 0 radical (unpaired) electrons. The second-order valence-corrected chi connectivity index (χ2v) is 12.3. The minimum atomic E-state index is -0.876. The first-order valence-electron chi connectivity index (χ1n) is 8.78. The number of nitrogens with zero attached hydrogens (tertiary/aromatic N) is 4. The Balaban J connectivity index is 1.54. The van der Waals surface area contributed by atoms with Crippen molar-refractivity contribution in [2.24, 2.45) is 0 Å². The van der Waals surface area contributed by atoms with Gasteiger partial charge in [0, 0.05) is 6.20 Å². The third-order valence-corrected chi connectivity index (χ3v) is 8.88. The molecule has 0 N–H and O–H groups in total. The summed E-state index contributed by atoms with van der Waals surface area (Å²) in [4.78, 5) is 27.4. The molecule has 4 rings (SSSR count). The number of β-lactam (4-membered cyclic amide) rings is 1. The van der Waals surface area contributed by atoms with Gasteiger partial charge in [0.1, 0.15) is 23.8 Å². The fourth-order valence-corrected chi connectivity index (χ4v) is 6.62. The van der Waals surface area contributed by atoms with Crippen molar-refractivity contribution in [3.8, 4) is 5.75 Å². The Kier molecular flexibility index (Phi) is 5.41. The normalized spacial score (nSPS) is 27.3. The van der Waals surface area contributed by atoms with Crippen LogP contribution in [0.25, 0.3) is 0 Å². The molecule has 0 unspecified atom stereocenters. The van der Waals surface area contributed by atoms with E-state index >= 15 is 0 Å². The van der Waals surface area contributed by atoms with Crippen LogP contribution in [0.3, 0.4) is 0 Å². The maximum Gasteiger partial charge on any atom is 0.330 e. The summed E-state index contributed by atoms with van der Waals surface area (Å²) in [5, 5.41) is 7.61. The molecule has 154 valence electrons. The van der Waals surface area contributed by atoms with Crippen molar-refractivity contribution in [1.29, 1.82) is 0 Å². The standard InChI is InChI=1S/C18H18Br2N4O4S/c1-17(10-23-8-7-21-22-23)13(24-15(26)18(19,20)16(24)29-17)14(25)28-9-11-3-5-12(27-2)6-4-11/h3-8,13,16H,9-10H2,1-2H3/t13-,16-,17-/m0/s1. The number of thioether (sulfide) groups is 1. The lowest BCUT2D eigenvalue weighted by Crippen LogP contribution is -2.68. The molecule has 1 aromatic heterocycles. The highest BCUT2D eigenvalue weighted by molar-refractivity contribution is 9.26. The lowest BCUT2D eigenvalue weighted by molar-refractivity contribution is -0.162. The van der Waals surface area contributed by atoms with E-state index in [1.165, 1.54) is 0 Å². The summed E-state index contributed by atoms with van der Waals surface area (Å²) in [6, 6.07) is 6.55. The van der Waals surface area contributed by atoms with Crippen LogP contribution >= 0.6 is 43.6 Å². The predicted molar refractivity (Wildman–Crippen MR) is 114 cm³/mol. The number of benzene rings is 1. The number of amides is 1. The van der Waals surface area contributed by atoms with E-state index in [-0.39, 0.29) is 17.9 Å². The number of halogens is 2. The maximum absolute atomic E-state index is 13.1. The Hall–Kier alpha value is -1.59. The lowest BCUT2D eigenvalue weighted by atomic mass is 9.96. The molecule has 2 aliphatic rings. The first-order chi connectivity index (χ1) is 13.8. The summed E-state index contributed by atoms with van der Waals surface area (Å²) in [5.74, 6) is 0.0960. The third-order valence-electron chi connectivity index (χ3n) is 5.03. The molecule has 3 heterocycles. The summed E-state index contributed by atoms with van der Waals surface area (Å²) in [6.45, 7) is 2.47. The molecular weight excluding hydrogens is 528 g/mol. The first kappa shape index (κ1) is 20.7. The van der Waals surface area contributed by atoms with Gasteiger partial charge in [-0.3, -0.25) is 9.48 Å². The van der Waals surface area contributed by atoms with Crippen LogP contribution in [0, 0.1) is 0 Å². The average Bonchev–Trinajstić information content (AvgIpc) is 3.31. The van der Waals surface area contributed by atoms with Crippen molar-refractivity contribution in [2.45, 2.75) is 39.5 Å². The van der Waals surface area contributed by atoms with Gasteiger partial charge in [-0.2, -0.15) is 0 Å². The number of rotatable bonds is 6. The number of hydrogen-bond acceptors (Lipinski definition) is 7. The Morgan fingerprint density at radius 1 is 1.31 bits per heavy atom. The minimum absolute atomic E-state index is 0.115. The number of fused-ring (bicyclic) bond motifs is 1. The number of carbonyl (C=O) groups is 2. The maximum atomic E-state index is 13.1. The lowest BCUT2D eigenvalue weighted by Gasteiger charge is -2.46. The molecule has 0 saturated carbocycles. The van der Waals surface area contributed by atoms with Gasteiger partial charge >= 0.3 is 5.97 Å². The van der Waals surface area contributed by atoms with E-state index in [1.54, 1.807) is 40.8 Å². The molecule has 0 aliphatic carbocycles. The summed E-state index contributed by atoms with van der Waals surface area (Å²) >= 11 is 8.42. The van der Waals surface area contributed by atoms with Crippen LogP contribution in [-0.2, 0) is 27.5 Å². The van der Waals surface area contributed by atoms with Crippen LogP contribution in [0.2, 0.25) is 0 Å². The molecule has 8 nitrogen and oxygen atoms in total. The molecule has 2 saturated heterocycles. The van der Waals surface area contributed by atoms with Crippen LogP contribution in [0.5, 0.6) is 5.75 Å². The summed E-state index contributed by atoms with van der Waals surface area (Å²) in [7, 11) is 1.59. The number of methoxy groups -OCH3 is 1. The first-order valence-corrected chi connectivity index (χ1v) is 11.2. The highest BCUT2D eigenvalue weighted by Gasteiger charge is 2.71. The van der Waals surface area contributed by atoms with Gasteiger partial charge in [0.2, 0.25) is 0 Å². The monoisotopic (exact) mass is 544 g/mol. The Morgan fingerprint density at radius 2 is 2.03 bits per heavy atom. The zero-order chi connectivity index (χ0) is 20.8. The number of hydrogen-bond donors (Lipinski definition) is 0. The predicted octanol–water partition coefficient (Wildman–Crippen LogP) is 2.56. The minimum Gasteiger partial charge on any atom is -0.497 e. The van der Waals surface area contributed by atoms with Crippen LogP contribution in [0.15, 0.2) is 36.7 Å². The van der Waals surface area contributed by atoms with E-state index in [4.69, 9.17) is 9.47 Å². The molecule has 0 bridgehead atoms. The zero-order valence-corrected chi connectivity index (χ0v) is 19.6. The highest BCUT2D eigenvalue weighted by atomic mass is 79.9. The molecule has 3 atom stereocenters. The molecule has 1 aromatic carbocycles. The smallest absolute Gasteiger partial charge is 0.330 e.